The first-order valence-corrected chi connectivity index (χ1v) is 6.43. The van der Waals surface area contributed by atoms with Crippen LogP contribution in [0.2, 0.25) is 0 Å². The number of hydrogen-bond acceptors (Lipinski definition) is 3. The zero-order valence-electron chi connectivity index (χ0n) is 8.57. The minimum absolute atomic E-state index is 0.569. The van der Waals surface area contributed by atoms with Gasteiger partial charge in [0.15, 0.2) is 0 Å². The quantitative estimate of drug-likeness (QED) is 0.739. The number of aromatic nitrogens is 1. The molecule has 0 saturated carbocycles. The highest BCUT2D eigenvalue weighted by atomic mass is 32.1. The lowest BCUT2D eigenvalue weighted by molar-refractivity contribution is 0.888. The largest absolute Gasteiger partial charge is 0.244 e. The van der Waals surface area contributed by atoms with E-state index < -0.39 is 0 Å². The smallest absolute Gasteiger partial charge is 0.0945 e. The van der Waals surface area contributed by atoms with Gasteiger partial charge in [-0.25, -0.2) is 4.98 Å². The summed E-state index contributed by atoms with van der Waals surface area (Å²) in [6.07, 6.45) is 0. The summed E-state index contributed by atoms with van der Waals surface area (Å²) >= 11 is 3.54. The summed E-state index contributed by atoms with van der Waals surface area (Å²) in [4.78, 5) is 7.14. The summed E-state index contributed by atoms with van der Waals surface area (Å²) in [5, 5.41) is 2.18. The van der Waals surface area contributed by atoms with E-state index >= 15 is 0 Å². The summed E-state index contributed by atoms with van der Waals surface area (Å²) < 4.78 is 0. The van der Waals surface area contributed by atoms with Gasteiger partial charge >= 0.3 is 0 Å². The molecule has 0 amide bonds. The lowest BCUT2D eigenvalue weighted by atomic mass is 10.1. The van der Waals surface area contributed by atoms with E-state index in [0.717, 1.165) is 0 Å². The average Bonchev–Trinajstić information content (AvgIpc) is 2.70. The molecule has 2 aromatic rings. The van der Waals surface area contributed by atoms with Gasteiger partial charge in [0.05, 0.1) is 16.1 Å². The molecule has 0 aliphatic rings. The van der Waals surface area contributed by atoms with Crippen molar-refractivity contribution in [3.63, 3.8) is 0 Å². The van der Waals surface area contributed by atoms with Gasteiger partial charge < -0.3 is 0 Å². The fraction of sp³-hybridized carbons (Fsp3) is 0.364. The Kier molecular flexibility index (Phi) is 2.70. The Morgan fingerprint density at radius 1 is 1.29 bits per heavy atom. The maximum atomic E-state index is 4.45. The third kappa shape index (κ3) is 1.74. The lowest BCUT2D eigenvalue weighted by Crippen LogP contribution is -1.85. The van der Waals surface area contributed by atoms with Crippen molar-refractivity contribution in [2.45, 2.75) is 26.7 Å². The normalized spacial score (nSPS) is 11.1. The third-order valence-corrected chi connectivity index (χ3v) is 4.27. The molecule has 2 heterocycles. The van der Waals surface area contributed by atoms with Crippen LogP contribution in [0.4, 0.5) is 0 Å². The molecule has 0 unspecified atom stereocenters. The third-order valence-electron chi connectivity index (χ3n) is 2.08. The molecule has 0 aliphatic carbocycles. The average molecular weight is 223 g/mol. The molecule has 1 nitrogen and oxygen atoms in total. The van der Waals surface area contributed by atoms with Crippen molar-refractivity contribution in [3.05, 3.63) is 27.4 Å². The highest BCUT2D eigenvalue weighted by Gasteiger charge is 2.12. The zero-order valence-corrected chi connectivity index (χ0v) is 10.2. The number of hydrogen-bond donors (Lipinski definition) is 0. The van der Waals surface area contributed by atoms with Crippen LogP contribution in [0.15, 0.2) is 17.0 Å². The monoisotopic (exact) mass is 223 g/mol. The molecule has 0 aliphatic heterocycles. The predicted molar refractivity (Wildman–Crippen MR) is 64.3 cm³/mol. The molecular formula is C11H13NS2. The fourth-order valence-corrected chi connectivity index (χ4v) is 3.20. The molecule has 0 spiro atoms. The van der Waals surface area contributed by atoms with Gasteiger partial charge in [-0.15, -0.1) is 22.7 Å². The summed E-state index contributed by atoms with van der Waals surface area (Å²) in [6.45, 7) is 6.57. The topological polar surface area (TPSA) is 12.9 Å². The van der Waals surface area contributed by atoms with Gasteiger partial charge in [0.25, 0.3) is 0 Å². The Balaban J connectivity index is 2.46. The van der Waals surface area contributed by atoms with Crippen molar-refractivity contribution >= 4 is 22.7 Å². The van der Waals surface area contributed by atoms with Crippen molar-refractivity contribution in [2.24, 2.45) is 0 Å². The highest BCUT2D eigenvalue weighted by Crippen LogP contribution is 2.34. The molecule has 2 rings (SSSR count). The van der Waals surface area contributed by atoms with Crippen LogP contribution in [0.1, 0.15) is 30.2 Å². The van der Waals surface area contributed by atoms with Crippen LogP contribution in [-0.4, -0.2) is 4.98 Å². The Labute approximate surface area is 92.4 Å². The maximum Gasteiger partial charge on any atom is 0.0945 e. The standard InChI is InChI=1S/C11H13NS2/c1-7(2)11-10(12-6-14-11)9-4-8(3)5-13-9/h4-7H,1-3H3. The van der Waals surface area contributed by atoms with Crippen molar-refractivity contribution < 1.29 is 0 Å². The van der Waals surface area contributed by atoms with Gasteiger partial charge in [-0.05, 0) is 29.9 Å². The van der Waals surface area contributed by atoms with E-state index in [1.807, 2.05) is 5.51 Å². The number of aryl methyl sites for hydroxylation is 1. The Bertz CT molecular complexity index is 426. The van der Waals surface area contributed by atoms with E-state index in [2.05, 4.69) is 37.2 Å². The number of thiophene rings is 1. The molecule has 3 heteroatoms. The number of nitrogens with zero attached hydrogens (tertiary/aromatic N) is 1. The summed E-state index contributed by atoms with van der Waals surface area (Å²) in [6, 6.07) is 2.21. The van der Waals surface area contributed by atoms with Crippen LogP contribution in [0.25, 0.3) is 10.6 Å². The van der Waals surface area contributed by atoms with Gasteiger partial charge in [0.1, 0.15) is 0 Å². The second-order valence-corrected chi connectivity index (χ2v) is 5.51. The van der Waals surface area contributed by atoms with Crippen molar-refractivity contribution in [3.8, 4) is 10.6 Å². The maximum absolute atomic E-state index is 4.45. The van der Waals surface area contributed by atoms with Gasteiger partial charge in [-0.1, -0.05) is 13.8 Å². The van der Waals surface area contributed by atoms with E-state index in [-0.39, 0.29) is 0 Å². The molecule has 0 saturated heterocycles. The van der Waals surface area contributed by atoms with Crippen LogP contribution in [0.3, 0.4) is 0 Å². The predicted octanol–water partition coefficient (Wildman–Crippen LogP) is 4.30. The summed E-state index contributed by atoms with van der Waals surface area (Å²) in [5.74, 6) is 0.569. The Hall–Kier alpha value is -0.670. The second kappa shape index (κ2) is 3.83. The molecule has 0 fully saturated rings. The Morgan fingerprint density at radius 3 is 2.64 bits per heavy atom. The molecule has 14 heavy (non-hydrogen) atoms. The number of rotatable bonds is 2. The molecule has 74 valence electrons. The summed E-state index contributed by atoms with van der Waals surface area (Å²) in [7, 11) is 0. The molecule has 0 radical (unpaired) electrons. The van der Waals surface area contributed by atoms with Crippen LogP contribution >= 0.6 is 22.7 Å². The van der Waals surface area contributed by atoms with Crippen molar-refractivity contribution in [1.29, 1.82) is 0 Å². The first kappa shape index (κ1) is 9.87. The van der Waals surface area contributed by atoms with Crippen LogP contribution < -0.4 is 0 Å². The zero-order chi connectivity index (χ0) is 10.1. The lowest BCUT2D eigenvalue weighted by Gasteiger charge is -2.02. The van der Waals surface area contributed by atoms with Crippen LogP contribution in [0.5, 0.6) is 0 Å². The van der Waals surface area contributed by atoms with E-state index in [4.69, 9.17) is 0 Å². The molecule has 0 aromatic carbocycles. The van der Waals surface area contributed by atoms with E-state index in [1.54, 1.807) is 22.7 Å². The van der Waals surface area contributed by atoms with Crippen molar-refractivity contribution in [2.75, 3.05) is 0 Å². The van der Waals surface area contributed by atoms with E-state index in [1.165, 1.54) is 21.0 Å². The number of thiazole rings is 1. The van der Waals surface area contributed by atoms with Crippen molar-refractivity contribution in [1.82, 2.24) is 4.98 Å². The van der Waals surface area contributed by atoms with Gasteiger partial charge in [0.2, 0.25) is 0 Å². The van der Waals surface area contributed by atoms with Gasteiger partial charge in [0, 0.05) is 4.88 Å². The summed E-state index contributed by atoms with van der Waals surface area (Å²) in [5.41, 5.74) is 4.45. The highest BCUT2D eigenvalue weighted by molar-refractivity contribution is 7.14. The molecule has 0 atom stereocenters. The molecule has 0 bridgehead atoms. The van der Waals surface area contributed by atoms with Crippen LogP contribution in [-0.2, 0) is 0 Å². The second-order valence-electron chi connectivity index (χ2n) is 3.71. The molecular weight excluding hydrogens is 210 g/mol. The molecule has 2 aromatic heterocycles. The van der Waals surface area contributed by atoms with Crippen LogP contribution in [0, 0.1) is 6.92 Å². The fourth-order valence-electron chi connectivity index (χ4n) is 1.41. The minimum Gasteiger partial charge on any atom is -0.244 e. The minimum atomic E-state index is 0.569. The molecule has 0 N–H and O–H groups in total. The van der Waals surface area contributed by atoms with E-state index in [0.29, 0.717) is 5.92 Å². The van der Waals surface area contributed by atoms with Gasteiger partial charge in [-0.2, -0.15) is 0 Å². The first-order valence-electron chi connectivity index (χ1n) is 4.67. The van der Waals surface area contributed by atoms with E-state index in [9.17, 15) is 0 Å². The van der Waals surface area contributed by atoms with Gasteiger partial charge in [-0.3, -0.25) is 0 Å². The Morgan fingerprint density at radius 2 is 2.07 bits per heavy atom. The SMILES string of the molecule is Cc1csc(-c2ncsc2C(C)C)c1. The first-order chi connectivity index (χ1) is 6.68.